The number of hydrogen-bond donors (Lipinski definition) is 2. The Kier molecular flexibility index (Phi) is 9.38. The van der Waals surface area contributed by atoms with Gasteiger partial charge in [0.1, 0.15) is 6.61 Å². The minimum Gasteiger partial charge on any atom is -0.493 e. The molecule has 9 nitrogen and oxygen atoms in total. The fraction of sp³-hybridized carbons (Fsp3) is 0.227. The molecule has 2 aromatic carbocycles. The van der Waals surface area contributed by atoms with Crippen molar-refractivity contribution in [3.8, 4) is 35.3 Å². The van der Waals surface area contributed by atoms with Crippen LogP contribution in [0.3, 0.4) is 0 Å². The maximum Gasteiger partial charge on any atom is 0.259 e. The van der Waals surface area contributed by atoms with Gasteiger partial charge in [-0.3, -0.25) is 9.59 Å². The van der Waals surface area contributed by atoms with Crippen molar-refractivity contribution in [2.45, 2.75) is 0 Å². The van der Waals surface area contributed by atoms with Crippen LogP contribution < -0.4 is 29.7 Å². The van der Waals surface area contributed by atoms with Crippen molar-refractivity contribution in [3.63, 3.8) is 0 Å². The molecule has 0 aromatic heterocycles. The highest BCUT2D eigenvalue weighted by Crippen LogP contribution is 2.36. The smallest absolute Gasteiger partial charge is 0.259 e. The summed E-state index contributed by atoms with van der Waals surface area (Å²) in [5, 5.41) is 6.40. The highest BCUT2D eigenvalue weighted by Gasteiger charge is 2.13. The van der Waals surface area contributed by atoms with Crippen molar-refractivity contribution in [2.75, 3.05) is 34.5 Å². The lowest BCUT2D eigenvalue weighted by Gasteiger charge is -2.11. The maximum absolute atomic E-state index is 12.3. The average Bonchev–Trinajstić information content (AvgIpc) is 2.80. The second-order valence-corrected chi connectivity index (χ2v) is 6.93. The van der Waals surface area contributed by atoms with Crippen molar-refractivity contribution in [1.29, 1.82) is 0 Å². The number of terminal acetylenes is 1. The Morgan fingerprint density at radius 2 is 1.81 bits per heavy atom. The topological polar surface area (TPSA) is 107 Å². The number of carbonyl (C=O) groups excluding carboxylic acids is 2. The number of methoxy groups -OCH3 is 3. The van der Waals surface area contributed by atoms with Crippen molar-refractivity contribution in [2.24, 2.45) is 5.10 Å². The molecule has 2 aromatic rings. The van der Waals surface area contributed by atoms with Crippen LogP contribution in [-0.2, 0) is 4.79 Å². The summed E-state index contributed by atoms with van der Waals surface area (Å²) in [6, 6.07) is 8.09. The largest absolute Gasteiger partial charge is 0.493 e. The molecule has 0 bridgehead atoms. The molecule has 0 aliphatic rings. The molecule has 168 valence electrons. The van der Waals surface area contributed by atoms with Crippen LogP contribution >= 0.6 is 15.9 Å². The normalized spacial score (nSPS) is 10.2. The number of hydrazone groups is 1. The van der Waals surface area contributed by atoms with E-state index in [-0.39, 0.29) is 13.2 Å². The average molecular weight is 504 g/mol. The van der Waals surface area contributed by atoms with Crippen LogP contribution in [0.15, 0.2) is 39.9 Å². The summed E-state index contributed by atoms with van der Waals surface area (Å²) in [6.07, 6.45) is 6.64. The second kappa shape index (κ2) is 12.2. The van der Waals surface area contributed by atoms with E-state index in [0.29, 0.717) is 38.6 Å². The Morgan fingerprint density at radius 1 is 1.09 bits per heavy atom. The molecule has 10 heteroatoms. The number of rotatable bonds is 10. The van der Waals surface area contributed by atoms with Crippen LogP contribution in [0.5, 0.6) is 23.0 Å². The summed E-state index contributed by atoms with van der Waals surface area (Å²) in [6.45, 7) is -0.177. The van der Waals surface area contributed by atoms with Gasteiger partial charge >= 0.3 is 0 Å². The van der Waals surface area contributed by atoms with E-state index in [2.05, 4.69) is 37.7 Å². The highest BCUT2D eigenvalue weighted by molar-refractivity contribution is 9.10. The van der Waals surface area contributed by atoms with Gasteiger partial charge in [-0.25, -0.2) is 5.43 Å². The van der Waals surface area contributed by atoms with Crippen LogP contribution in [0.1, 0.15) is 15.9 Å². The SMILES string of the molecule is C#CCOc1c(Br)cc(/C=N/NC(=O)CNC(=O)c2ccc(OC)c(OC)c2)cc1OC. The third kappa shape index (κ3) is 6.65. The zero-order valence-electron chi connectivity index (χ0n) is 17.7. The fourth-order valence-electron chi connectivity index (χ4n) is 2.53. The van der Waals surface area contributed by atoms with Gasteiger partial charge in [0, 0.05) is 5.56 Å². The first-order valence-electron chi connectivity index (χ1n) is 9.19. The van der Waals surface area contributed by atoms with Crippen molar-refractivity contribution >= 4 is 34.0 Å². The molecule has 2 amide bonds. The van der Waals surface area contributed by atoms with Crippen LogP contribution in [0.4, 0.5) is 0 Å². The number of amides is 2. The summed E-state index contributed by atoms with van der Waals surface area (Å²) < 4.78 is 21.7. The quantitative estimate of drug-likeness (QED) is 0.292. The van der Waals surface area contributed by atoms with Crippen molar-refractivity contribution in [3.05, 3.63) is 45.9 Å². The number of ether oxygens (including phenoxy) is 4. The monoisotopic (exact) mass is 503 g/mol. The Balaban J connectivity index is 1.93. The Hall–Kier alpha value is -3.71. The number of carbonyl (C=O) groups is 2. The van der Waals surface area contributed by atoms with E-state index in [9.17, 15) is 9.59 Å². The van der Waals surface area contributed by atoms with Gasteiger partial charge < -0.3 is 24.3 Å². The Bertz CT molecular complexity index is 1050. The van der Waals surface area contributed by atoms with Crippen LogP contribution in [0.2, 0.25) is 0 Å². The first-order chi connectivity index (χ1) is 15.4. The zero-order valence-corrected chi connectivity index (χ0v) is 19.3. The number of halogens is 1. The van der Waals surface area contributed by atoms with Gasteiger partial charge in [-0.15, -0.1) is 6.42 Å². The molecule has 0 fully saturated rings. The summed E-state index contributed by atoms with van der Waals surface area (Å²) in [4.78, 5) is 24.3. The summed E-state index contributed by atoms with van der Waals surface area (Å²) >= 11 is 3.39. The van der Waals surface area contributed by atoms with Gasteiger partial charge in [0.25, 0.3) is 11.8 Å². The molecule has 0 atom stereocenters. The van der Waals surface area contributed by atoms with Crippen LogP contribution in [0.25, 0.3) is 0 Å². The van der Waals surface area contributed by atoms with Gasteiger partial charge in [-0.1, -0.05) is 5.92 Å². The lowest BCUT2D eigenvalue weighted by atomic mass is 10.2. The van der Waals surface area contributed by atoms with Gasteiger partial charge in [0.15, 0.2) is 23.0 Å². The molecular formula is C22H22BrN3O6. The summed E-state index contributed by atoms with van der Waals surface area (Å²) in [5.41, 5.74) is 3.30. The van der Waals surface area contributed by atoms with Crippen molar-refractivity contribution in [1.82, 2.24) is 10.7 Å². The third-order valence-corrected chi connectivity index (χ3v) is 4.60. The van der Waals surface area contributed by atoms with E-state index < -0.39 is 11.8 Å². The standard InChI is InChI=1S/C22H22BrN3O6/c1-5-8-32-21-16(23)9-14(10-19(21)31-4)12-25-26-20(27)13-24-22(28)15-6-7-17(29-2)18(11-15)30-3/h1,6-7,9-12H,8,13H2,2-4H3,(H,24,28)(H,26,27)/b25-12+. The molecule has 0 aliphatic carbocycles. The van der Waals surface area contributed by atoms with E-state index in [1.54, 1.807) is 24.3 Å². The molecule has 0 saturated carbocycles. The molecule has 0 heterocycles. The minimum atomic E-state index is -0.505. The van der Waals surface area contributed by atoms with Gasteiger partial charge in [-0.2, -0.15) is 5.10 Å². The predicted octanol–water partition coefficient (Wildman–Crippen LogP) is 2.37. The molecule has 2 N–H and O–H groups in total. The highest BCUT2D eigenvalue weighted by atomic mass is 79.9. The van der Waals surface area contributed by atoms with E-state index in [1.807, 2.05) is 0 Å². The molecule has 0 spiro atoms. The van der Waals surface area contributed by atoms with Gasteiger partial charge in [0.05, 0.1) is 38.6 Å². The van der Waals surface area contributed by atoms with E-state index in [1.165, 1.54) is 33.6 Å². The lowest BCUT2D eigenvalue weighted by Crippen LogP contribution is -2.34. The lowest BCUT2D eigenvalue weighted by molar-refractivity contribution is -0.120. The Labute approximate surface area is 194 Å². The molecule has 0 radical (unpaired) electrons. The number of nitrogens with one attached hydrogen (secondary N) is 2. The number of hydrogen-bond acceptors (Lipinski definition) is 7. The van der Waals surface area contributed by atoms with E-state index in [0.717, 1.165) is 0 Å². The second-order valence-electron chi connectivity index (χ2n) is 6.07. The zero-order chi connectivity index (χ0) is 23.5. The molecular weight excluding hydrogens is 482 g/mol. The molecule has 0 unspecified atom stereocenters. The van der Waals surface area contributed by atoms with Crippen LogP contribution in [-0.4, -0.2) is 52.5 Å². The molecule has 0 aliphatic heterocycles. The van der Waals surface area contributed by atoms with Crippen molar-refractivity contribution < 1.29 is 28.5 Å². The van der Waals surface area contributed by atoms with E-state index in [4.69, 9.17) is 25.4 Å². The third-order valence-electron chi connectivity index (χ3n) is 4.01. The molecule has 2 rings (SSSR count). The fourth-order valence-corrected chi connectivity index (χ4v) is 3.10. The minimum absolute atomic E-state index is 0.0908. The molecule has 0 saturated heterocycles. The van der Waals surface area contributed by atoms with Gasteiger partial charge in [-0.05, 0) is 51.8 Å². The van der Waals surface area contributed by atoms with E-state index >= 15 is 0 Å². The maximum atomic E-state index is 12.3. The van der Waals surface area contributed by atoms with Crippen LogP contribution in [0, 0.1) is 12.3 Å². The summed E-state index contributed by atoms with van der Waals surface area (Å²) in [7, 11) is 4.46. The molecule has 32 heavy (non-hydrogen) atoms. The summed E-state index contributed by atoms with van der Waals surface area (Å²) in [5.74, 6) is 3.25. The Morgan fingerprint density at radius 3 is 2.47 bits per heavy atom. The van der Waals surface area contributed by atoms with Gasteiger partial charge in [0.2, 0.25) is 0 Å². The number of benzene rings is 2. The predicted molar refractivity (Wildman–Crippen MR) is 123 cm³/mol. The first kappa shape index (κ1) is 24.6. The number of nitrogens with zero attached hydrogens (tertiary/aromatic N) is 1. The first-order valence-corrected chi connectivity index (χ1v) is 9.98.